The molecule has 2 fully saturated rings. The zero-order chi connectivity index (χ0) is 5.56. The molecule has 0 aliphatic heterocycles. The third kappa shape index (κ3) is 0.575. The Hall–Kier alpha value is -0.330. The molecule has 2 aliphatic carbocycles. The first kappa shape index (κ1) is 4.54. The van der Waals surface area contributed by atoms with Crippen molar-refractivity contribution < 1.29 is 4.79 Å². The molecule has 0 saturated heterocycles. The van der Waals surface area contributed by atoms with Crippen molar-refractivity contribution in [1.82, 2.24) is 0 Å². The summed E-state index contributed by atoms with van der Waals surface area (Å²) in [5, 5.41) is 0. The number of carbonyl (C=O) groups excluding carboxylic acids is 1. The van der Waals surface area contributed by atoms with Crippen molar-refractivity contribution in [3.05, 3.63) is 0 Å². The Morgan fingerprint density at radius 1 is 1.38 bits per heavy atom. The van der Waals surface area contributed by atoms with Crippen LogP contribution in [0.15, 0.2) is 0 Å². The molecule has 8 heavy (non-hydrogen) atoms. The van der Waals surface area contributed by atoms with Crippen molar-refractivity contribution in [2.45, 2.75) is 25.7 Å². The van der Waals surface area contributed by atoms with E-state index in [1.54, 1.807) is 0 Å². The van der Waals surface area contributed by atoms with Crippen LogP contribution in [0.3, 0.4) is 0 Å². The zero-order valence-electron chi connectivity index (χ0n) is 4.89. The van der Waals surface area contributed by atoms with Gasteiger partial charge in [0.05, 0.1) is 0 Å². The van der Waals surface area contributed by atoms with Crippen LogP contribution >= 0.6 is 0 Å². The summed E-state index contributed by atoms with van der Waals surface area (Å²) in [6.07, 6.45) is 4.33. The molecule has 1 heteroatoms. The van der Waals surface area contributed by atoms with Crippen LogP contribution in [0.2, 0.25) is 0 Å². The molecule has 1 nitrogen and oxygen atoms in total. The number of Topliss-reactive ketones (excluding diaryl/α,β-unsaturated/α-hetero) is 1. The average molecular weight is 110 g/mol. The smallest absolute Gasteiger partial charge is 0.133 e. The van der Waals surface area contributed by atoms with Crippen LogP contribution < -0.4 is 0 Å². The van der Waals surface area contributed by atoms with Crippen molar-refractivity contribution in [1.29, 1.82) is 0 Å². The lowest BCUT2D eigenvalue weighted by molar-refractivity contribution is -0.120. The third-order valence-corrected chi connectivity index (χ3v) is 2.35. The van der Waals surface area contributed by atoms with E-state index in [1.807, 2.05) is 0 Å². The molecule has 0 radical (unpaired) electrons. The lowest BCUT2D eigenvalue weighted by atomic mass is 10.00. The van der Waals surface area contributed by atoms with Crippen LogP contribution in [-0.4, -0.2) is 5.78 Å². The predicted octanol–water partition coefficient (Wildman–Crippen LogP) is 1.38. The molecule has 0 aromatic carbocycles. The van der Waals surface area contributed by atoms with Crippen molar-refractivity contribution in [2.75, 3.05) is 0 Å². The van der Waals surface area contributed by atoms with E-state index >= 15 is 0 Å². The Labute approximate surface area is 49.1 Å². The van der Waals surface area contributed by atoms with Gasteiger partial charge in [-0.05, 0) is 24.7 Å². The second-order valence-electron chi connectivity index (χ2n) is 3.04. The number of hydrogen-bond acceptors (Lipinski definition) is 1. The van der Waals surface area contributed by atoms with Gasteiger partial charge in [0.2, 0.25) is 0 Å². The third-order valence-electron chi connectivity index (χ3n) is 2.35. The summed E-state index contributed by atoms with van der Waals surface area (Å²) in [5.41, 5.74) is 0. The quantitative estimate of drug-likeness (QED) is 0.460. The van der Waals surface area contributed by atoms with Crippen LogP contribution in [0.25, 0.3) is 0 Å². The van der Waals surface area contributed by atoms with E-state index in [0.717, 1.165) is 24.7 Å². The summed E-state index contributed by atoms with van der Waals surface area (Å²) < 4.78 is 0. The lowest BCUT2D eigenvalue weighted by Crippen LogP contribution is -2.05. The normalized spacial score (nSPS) is 43.8. The predicted molar refractivity (Wildman–Crippen MR) is 30.5 cm³/mol. The van der Waals surface area contributed by atoms with Gasteiger partial charge in [0, 0.05) is 12.8 Å². The van der Waals surface area contributed by atoms with Gasteiger partial charge in [0.25, 0.3) is 0 Å². The molecule has 0 amide bonds. The van der Waals surface area contributed by atoms with E-state index in [9.17, 15) is 4.79 Å². The van der Waals surface area contributed by atoms with Crippen molar-refractivity contribution in [3.8, 4) is 0 Å². The van der Waals surface area contributed by atoms with E-state index in [1.165, 1.54) is 12.8 Å². The van der Waals surface area contributed by atoms with Crippen LogP contribution in [0, 0.1) is 11.8 Å². The monoisotopic (exact) mass is 110 g/mol. The SMILES string of the molecule is O=C1CC[C@@H]2C[C@H]2C1. The molecule has 0 unspecified atom stereocenters. The Morgan fingerprint density at radius 3 is 2.88 bits per heavy atom. The second kappa shape index (κ2) is 1.34. The van der Waals surface area contributed by atoms with Gasteiger partial charge in [-0.3, -0.25) is 4.79 Å². The Morgan fingerprint density at radius 2 is 2.25 bits per heavy atom. The van der Waals surface area contributed by atoms with Gasteiger partial charge < -0.3 is 0 Å². The van der Waals surface area contributed by atoms with Gasteiger partial charge in [-0.1, -0.05) is 0 Å². The number of fused-ring (bicyclic) bond motifs is 1. The number of rotatable bonds is 0. The minimum Gasteiger partial charge on any atom is -0.300 e. The molecule has 2 atom stereocenters. The minimum atomic E-state index is 0.503. The van der Waals surface area contributed by atoms with Crippen LogP contribution in [-0.2, 0) is 4.79 Å². The molecule has 44 valence electrons. The number of hydrogen-bond donors (Lipinski definition) is 0. The molecular weight excluding hydrogens is 100 g/mol. The zero-order valence-corrected chi connectivity index (χ0v) is 4.89. The first-order valence-electron chi connectivity index (χ1n) is 3.38. The fourth-order valence-corrected chi connectivity index (χ4v) is 1.65. The van der Waals surface area contributed by atoms with Gasteiger partial charge in [-0.15, -0.1) is 0 Å². The highest BCUT2D eigenvalue weighted by Crippen LogP contribution is 2.47. The van der Waals surface area contributed by atoms with Crippen molar-refractivity contribution >= 4 is 5.78 Å². The van der Waals surface area contributed by atoms with Crippen LogP contribution in [0.5, 0.6) is 0 Å². The van der Waals surface area contributed by atoms with Gasteiger partial charge in [0.1, 0.15) is 5.78 Å². The van der Waals surface area contributed by atoms with Crippen molar-refractivity contribution in [2.24, 2.45) is 11.8 Å². The molecule has 2 rings (SSSR count). The number of carbonyl (C=O) groups is 1. The van der Waals surface area contributed by atoms with Gasteiger partial charge in [-0.25, -0.2) is 0 Å². The largest absolute Gasteiger partial charge is 0.300 e. The second-order valence-corrected chi connectivity index (χ2v) is 3.04. The van der Waals surface area contributed by atoms with Gasteiger partial charge in [0.15, 0.2) is 0 Å². The average Bonchev–Trinajstić information content (AvgIpc) is 2.43. The fourth-order valence-electron chi connectivity index (χ4n) is 1.65. The summed E-state index contributed by atoms with van der Waals surface area (Å²) in [7, 11) is 0. The summed E-state index contributed by atoms with van der Waals surface area (Å²) in [6, 6.07) is 0. The molecule has 0 bridgehead atoms. The van der Waals surface area contributed by atoms with Crippen molar-refractivity contribution in [3.63, 3.8) is 0 Å². The van der Waals surface area contributed by atoms with Gasteiger partial charge in [-0.2, -0.15) is 0 Å². The van der Waals surface area contributed by atoms with Crippen LogP contribution in [0.1, 0.15) is 25.7 Å². The summed E-state index contributed by atoms with van der Waals surface area (Å²) in [4.78, 5) is 10.7. The van der Waals surface area contributed by atoms with Crippen LogP contribution in [0.4, 0.5) is 0 Å². The number of ketones is 1. The fraction of sp³-hybridized carbons (Fsp3) is 0.857. The van der Waals surface area contributed by atoms with E-state index in [4.69, 9.17) is 0 Å². The molecule has 0 aromatic rings. The molecule has 0 spiro atoms. The maximum atomic E-state index is 10.7. The van der Waals surface area contributed by atoms with Gasteiger partial charge >= 0.3 is 0 Å². The first-order valence-corrected chi connectivity index (χ1v) is 3.38. The Bertz CT molecular complexity index is 128. The highest BCUT2D eigenvalue weighted by Gasteiger charge is 2.41. The summed E-state index contributed by atoms with van der Waals surface area (Å²) in [5.74, 6) is 2.30. The highest BCUT2D eigenvalue weighted by molar-refractivity contribution is 5.80. The first-order chi connectivity index (χ1) is 3.86. The molecule has 0 N–H and O–H groups in total. The highest BCUT2D eigenvalue weighted by atomic mass is 16.1. The standard InChI is InChI=1S/C7H10O/c8-7-2-1-5-3-6(5)4-7/h5-6H,1-4H2/t5-,6+/m1/s1. The summed E-state index contributed by atoms with van der Waals surface area (Å²) >= 11 is 0. The maximum absolute atomic E-state index is 10.7. The topological polar surface area (TPSA) is 17.1 Å². The molecular formula is C7H10O. The molecule has 0 aromatic heterocycles. The van der Waals surface area contributed by atoms with E-state index in [2.05, 4.69) is 0 Å². The Balaban J connectivity index is 2.02. The lowest BCUT2D eigenvalue weighted by Gasteiger charge is -2.04. The molecule has 2 aliphatic rings. The molecule has 2 saturated carbocycles. The van der Waals surface area contributed by atoms with E-state index < -0.39 is 0 Å². The van der Waals surface area contributed by atoms with E-state index in [0.29, 0.717) is 5.78 Å². The minimum absolute atomic E-state index is 0.503. The van der Waals surface area contributed by atoms with E-state index in [-0.39, 0.29) is 0 Å². The maximum Gasteiger partial charge on any atom is 0.133 e. The summed E-state index contributed by atoms with van der Waals surface area (Å²) in [6.45, 7) is 0. The molecule has 0 heterocycles. The Kier molecular flexibility index (Phi) is 0.758.